The van der Waals surface area contributed by atoms with Crippen molar-refractivity contribution < 1.29 is 13.9 Å². The largest absolute Gasteiger partial charge is 0.497 e. The van der Waals surface area contributed by atoms with Gasteiger partial charge in [-0.25, -0.2) is 0 Å². The number of carbonyl (C=O) groups is 1. The van der Waals surface area contributed by atoms with Crippen molar-refractivity contribution in [1.29, 1.82) is 0 Å². The molecule has 1 aliphatic rings. The van der Waals surface area contributed by atoms with Crippen molar-refractivity contribution in [2.45, 2.75) is 12.6 Å². The lowest BCUT2D eigenvalue weighted by Gasteiger charge is -2.24. The Morgan fingerprint density at radius 1 is 1.21 bits per heavy atom. The summed E-state index contributed by atoms with van der Waals surface area (Å²) < 4.78 is 10.7. The van der Waals surface area contributed by atoms with Gasteiger partial charge in [0, 0.05) is 16.0 Å². The quantitative estimate of drug-likeness (QED) is 0.544. The van der Waals surface area contributed by atoms with Gasteiger partial charge in [0.15, 0.2) is 0 Å². The molecule has 4 heterocycles. The van der Waals surface area contributed by atoms with E-state index in [0.717, 1.165) is 33.2 Å². The van der Waals surface area contributed by atoms with Gasteiger partial charge in [-0.15, -0.1) is 11.3 Å². The number of aromatic amines is 1. The maximum absolute atomic E-state index is 13.2. The Labute approximate surface area is 165 Å². The van der Waals surface area contributed by atoms with Gasteiger partial charge in [0.2, 0.25) is 0 Å². The molecule has 0 saturated heterocycles. The van der Waals surface area contributed by atoms with Crippen LogP contribution in [-0.4, -0.2) is 28.1 Å². The van der Waals surface area contributed by atoms with E-state index in [0.29, 0.717) is 12.2 Å². The summed E-state index contributed by atoms with van der Waals surface area (Å²) >= 11 is 1.63. The van der Waals surface area contributed by atoms with Crippen molar-refractivity contribution in [2.24, 2.45) is 0 Å². The van der Waals surface area contributed by atoms with Gasteiger partial charge in [0.1, 0.15) is 17.2 Å². The maximum Gasteiger partial charge on any atom is 0.273 e. The van der Waals surface area contributed by atoms with Crippen LogP contribution in [0.5, 0.6) is 5.75 Å². The zero-order valence-corrected chi connectivity index (χ0v) is 15.9. The van der Waals surface area contributed by atoms with Crippen molar-refractivity contribution >= 4 is 17.2 Å². The second-order valence-electron chi connectivity index (χ2n) is 6.52. The number of benzene rings is 1. The predicted molar refractivity (Wildman–Crippen MR) is 105 cm³/mol. The average molecular weight is 391 g/mol. The van der Waals surface area contributed by atoms with Gasteiger partial charge < -0.3 is 14.1 Å². The van der Waals surface area contributed by atoms with Crippen LogP contribution in [0, 0.1) is 0 Å². The number of thiophene rings is 1. The molecular formula is C21H17N3O3S. The highest BCUT2D eigenvalue weighted by Crippen LogP contribution is 2.44. The molecular weight excluding hydrogens is 374 g/mol. The number of nitrogens with one attached hydrogen (secondary N) is 1. The molecule has 1 atom stereocenters. The van der Waals surface area contributed by atoms with Crippen molar-refractivity contribution in [3.8, 4) is 17.0 Å². The number of ether oxygens (including phenoxy) is 1. The smallest absolute Gasteiger partial charge is 0.273 e. The molecule has 0 saturated carbocycles. The second-order valence-corrected chi connectivity index (χ2v) is 7.50. The number of methoxy groups -OCH3 is 1. The number of amides is 1. The van der Waals surface area contributed by atoms with Gasteiger partial charge in [0.05, 0.1) is 31.7 Å². The minimum atomic E-state index is -0.205. The molecule has 140 valence electrons. The molecule has 3 aromatic heterocycles. The molecule has 7 heteroatoms. The third-order valence-electron chi connectivity index (χ3n) is 4.95. The summed E-state index contributed by atoms with van der Waals surface area (Å²) in [4.78, 5) is 16.1. The molecule has 1 N–H and O–H groups in total. The standard InChI is InChI=1S/C21H17N3O3S/c1-26-14-8-6-13(7-9-14)18-17-19(23-22-18)21(25)24(12-15-4-2-10-27-15)20(17)16-5-3-11-28-16/h2-11,20H,12H2,1H3,(H,22,23). The first kappa shape index (κ1) is 16.8. The number of nitrogens with zero attached hydrogens (tertiary/aromatic N) is 2. The fraction of sp³-hybridized carbons (Fsp3) is 0.143. The minimum absolute atomic E-state index is 0.0722. The number of carbonyl (C=O) groups excluding carboxylic acids is 1. The summed E-state index contributed by atoms with van der Waals surface area (Å²) in [7, 11) is 1.64. The molecule has 0 bridgehead atoms. The Hall–Kier alpha value is -3.32. The Kier molecular flexibility index (Phi) is 4.02. The molecule has 5 rings (SSSR count). The number of rotatable bonds is 5. The summed E-state index contributed by atoms with van der Waals surface area (Å²) in [6.45, 7) is 0.402. The highest BCUT2D eigenvalue weighted by atomic mass is 32.1. The number of aromatic nitrogens is 2. The SMILES string of the molecule is COc1ccc(-c2n[nH]c3c2C(c2cccs2)N(Cc2ccco2)C3=O)cc1. The van der Waals surface area contributed by atoms with Crippen LogP contribution < -0.4 is 4.74 Å². The Morgan fingerprint density at radius 2 is 2.07 bits per heavy atom. The number of hydrogen-bond donors (Lipinski definition) is 1. The first-order valence-electron chi connectivity index (χ1n) is 8.85. The number of hydrogen-bond acceptors (Lipinski definition) is 5. The number of H-pyrrole nitrogens is 1. The zero-order chi connectivity index (χ0) is 19.1. The fourth-order valence-electron chi connectivity index (χ4n) is 3.64. The van der Waals surface area contributed by atoms with Crippen LogP contribution in [0.1, 0.15) is 32.7 Å². The van der Waals surface area contributed by atoms with Gasteiger partial charge in [-0.2, -0.15) is 5.10 Å². The number of fused-ring (bicyclic) bond motifs is 1. The van der Waals surface area contributed by atoms with E-state index in [1.54, 1.807) is 24.7 Å². The molecule has 0 spiro atoms. The second kappa shape index (κ2) is 6.69. The lowest BCUT2D eigenvalue weighted by atomic mass is 10.0. The molecule has 28 heavy (non-hydrogen) atoms. The van der Waals surface area contributed by atoms with Gasteiger partial charge >= 0.3 is 0 Å². The predicted octanol–water partition coefficient (Wildman–Crippen LogP) is 4.49. The Bertz CT molecular complexity index is 1100. The van der Waals surface area contributed by atoms with Gasteiger partial charge in [-0.05, 0) is 47.8 Å². The van der Waals surface area contributed by atoms with E-state index in [1.165, 1.54) is 0 Å². The maximum atomic E-state index is 13.2. The average Bonchev–Trinajstić information content (AvgIpc) is 3.50. The van der Waals surface area contributed by atoms with Gasteiger partial charge in [-0.1, -0.05) is 6.07 Å². The van der Waals surface area contributed by atoms with Crippen LogP contribution >= 0.6 is 11.3 Å². The summed E-state index contributed by atoms with van der Waals surface area (Å²) in [6.07, 6.45) is 1.62. The van der Waals surface area contributed by atoms with Crippen LogP contribution in [0.4, 0.5) is 0 Å². The van der Waals surface area contributed by atoms with Gasteiger partial charge in [-0.3, -0.25) is 9.89 Å². The van der Waals surface area contributed by atoms with E-state index in [1.807, 2.05) is 52.7 Å². The molecule has 6 nitrogen and oxygen atoms in total. The van der Waals surface area contributed by atoms with Crippen LogP contribution in [0.25, 0.3) is 11.3 Å². The fourth-order valence-corrected chi connectivity index (χ4v) is 4.49. The van der Waals surface area contributed by atoms with Crippen molar-refractivity contribution in [3.63, 3.8) is 0 Å². The van der Waals surface area contributed by atoms with E-state index in [4.69, 9.17) is 9.15 Å². The molecule has 1 aliphatic heterocycles. The van der Waals surface area contributed by atoms with E-state index >= 15 is 0 Å². The lowest BCUT2D eigenvalue weighted by Crippen LogP contribution is -2.28. The summed E-state index contributed by atoms with van der Waals surface area (Å²) in [5.74, 6) is 1.46. The first-order valence-corrected chi connectivity index (χ1v) is 9.73. The van der Waals surface area contributed by atoms with Crippen molar-refractivity contribution in [3.05, 3.63) is 82.1 Å². The summed E-state index contributed by atoms with van der Waals surface area (Å²) in [5, 5.41) is 9.46. The van der Waals surface area contributed by atoms with Crippen LogP contribution in [-0.2, 0) is 6.54 Å². The first-order chi connectivity index (χ1) is 13.8. The topological polar surface area (TPSA) is 71.4 Å². The van der Waals surface area contributed by atoms with Crippen LogP contribution in [0.3, 0.4) is 0 Å². The third kappa shape index (κ3) is 2.63. The van der Waals surface area contributed by atoms with E-state index in [9.17, 15) is 4.79 Å². The normalized spacial score (nSPS) is 15.8. The lowest BCUT2D eigenvalue weighted by molar-refractivity contribution is 0.0719. The molecule has 1 aromatic carbocycles. The van der Waals surface area contributed by atoms with E-state index in [2.05, 4.69) is 16.3 Å². The summed E-state index contributed by atoms with van der Waals surface area (Å²) in [5.41, 5.74) is 3.17. The van der Waals surface area contributed by atoms with E-state index < -0.39 is 0 Å². The Morgan fingerprint density at radius 3 is 2.75 bits per heavy atom. The van der Waals surface area contributed by atoms with Crippen LogP contribution in [0.2, 0.25) is 0 Å². The molecule has 1 amide bonds. The Balaban J connectivity index is 1.62. The van der Waals surface area contributed by atoms with Crippen molar-refractivity contribution in [2.75, 3.05) is 7.11 Å². The molecule has 0 radical (unpaired) electrons. The highest BCUT2D eigenvalue weighted by Gasteiger charge is 2.42. The van der Waals surface area contributed by atoms with Crippen molar-refractivity contribution in [1.82, 2.24) is 15.1 Å². The monoisotopic (exact) mass is 391 g/mol. The third-order valence-corrected chi connectivity index (χ3v) is 5.87. The molecule has 1 unspecified atom stereocenters. The number of furan rings is 1. The molecule has 4 aromatic rings. The molecule has 0 aliphatic carbocycles. The minimum Gasteiger partial charge on any atom is -0.497 e. The molecule has 0 fully saturated rings. The zero-order valence-electron chi connectivity index (χ0n) is 15.1. The summed E-state index contributed by atoms with van der Waals surface area (Å²) in [6, 6.07) is 15.3. The van der Waals surface area contributed by atoms with Gasteiger partial charge in [0.25, 0.3) is 5.91 Å². The van der Waals surface area contributed by atoms with Crippen LogP contribution in [0.15, 0.2) is 64.6 Å². The highest BCUT2D eigenvalue weighted by molar-refractivity contribution is 7.10. The van der Waals surface area contributed by atoms with E-state index in [-0.39, 0.29) is 11.9 Å².